The summed E-state index contributed by atoms with van der Waals surface area (Å²) in [6.45, 7) is 3.84. The second kappa shape index (κ2) is 7.32. The fourth-order valence-corrected chi connectivity index (χ4v) is 2.63. The fourth-order valence-electron chi connectivity index (χ4n) is 2.63. The van der Waals surface area contributed by atoms with Crippen molar-refractivity contribution in [2.24, 2.45) is 5.92 Å². The molecular weight excluding hydrogens is 286 g/mol. The minimum Gasteiger partial charge on any atom is -0.457 e. The summed E-state index contributed by atoms with van der Waals surface area (Å²) < 4.78 is 5.77. The molecule has 3 nitrogen and oxygen atoms in total. The third-order valence-electron chi connectivity index (χ3n) is 4.04. The van der Waals surface area contributed by atoms with Gasteiger partial charge in [0.05, 0.1) is 0 Å². The number of carbonyl (C=O) groups is 1. The van der Waals surface area contributed by atoms with E-state index in [9.17, 15) is 4.79 Å². The van der Waals surface area contributed by atoms with Crippen LogP contribution in [0.3, 0.4) is 0 Å². The Kier molecular flexibility index (Phi) is 4.96. The monoisotopic (exact) mass is 309 g/mol. The second-order valence-corrected chi connectivity index (χ2v) is 6.13. The van der Waals surface area contributed by atoms with Crippen LogP contribution in [0.2, 0.25) is 0 Å². The average molecular weight is 309 g/mol. The van der Waals surface area contributed by atoms with E-state index in [-0.39, 0.29) is 5.91 Å². The number of ether oxygens (including phenoxy) is 1. The highest BCUT2D eigenvalue weighted by molar-refractivity contribution is 5.94. The highest BCUT2D eigenvalue weighted by Gasteiger charge is 2.26. The third-order valence-corrected chi connectivity index (χ3v) is 4.04. The lowest BCUT2D eigenvalue weighted by Gasteiger charge is -2.22. The van der Waals surface area contributed by atoms with E-state index in [2.05, 4.69) is 6.92 Å². The van der Waals surface area contributed by atoms with Gasteiger partial charge >= 0.3 is 0 Å². The molecule has 3 rings (SSSR count). The van der Waals surface area contributed by atoms with Crippen molar-refractivity contribution in [3.63, 3.8) is 0 Å². The lowest BCUT2D eigenvalue weighted by atomic mass is 10.1. The van der Waals surface area contributed by atoms with Gasteiger partial charge in [-0.2, -0.15) is 0 Å². The van der Waals surface area contributed by atoms with Crippen molar-refractivity contribution in [2.45, 2.75) is 26.2 Å². The molecule has 0 saturated heterocycles. The highest BCUT2D eigenvalue weighted by Crippen LogP contribution is 2.30. The number of carbonyl (C=O) groups excluding carboxylic acids is 1. The van der Waals surface area contributed by atoms with Gasteiger partial charge in [0.1, 0.15) is 11.5 Å². The molecule has 1 fully saturated rings. The number of hydrogen-bond donors (Lipinski definition) is 0. The predicted octanol–water partition coefficient (Wildman–Crippen LogP) is 4.74. The van der Waals surface area contributed by atoms with E-state index in [1.807, 2.05) is 59.5 Å². The standard InChI is InChI=1S/C20H23NO2/c1-2-14-21(15-16-8-9-16)20(22)17-10-12-19(13-11-17)23-18-6-4-3-5-7-18/h3-7,10-13,16H,2,8-9,14-15H2,1H3. The largest absolute Gasteiger partial charge is 0.457 e. The molecule has 1 aliphatic rings. The van der Waals surface area contributed by atoms with Crippen LogP contribution in [0.5, 0.6) is 11.5 Å². The molecule has 0 bridgehead atoms. The molecule has 0 N–H and O–H groups in total. The topological polar surface area (TPSA) is 29.5 Å². The zero-order valence-corrected chi connectivity index (χ0v) is 13.6. The first-order chi connectivity index (χ1) is 11.3. The van der Waals surface area contributed by atoms with E-state index in [4.69, 9.17) is 4.74 Å². The van der Waals surface area contributed by atoms with Crippen molar-refractivity contribution < 1.29 is 9.53 Å². The molecule has 0 radical (unpaired) electrons. The molecule has 120 valence electrons. The van der Waals surface area contributed by atoms with Gasteiger partial charge < -0.3 is 9.64 Å². The molecule has 0 atom stereocenters. The molecule has 0 unspecified atom stereocenters. The van der Waals surface area contributed by atoms with E-state index in [0.717, 1.165) is 36.6 Å². The first-order valence-electron chi connectivity index (χ1n) is 8.38. The Morgan fingerprint density at radius 2 is 1.70 bits per heavy atom. The SMILES string of the molecule is CCCN(CC1CC1)C(=O)c1ccc(Oc2ccccc2)cc1. The number of para-hydroxylation sites is 1. The zero-order chi connectivity index (χ0) is 16.1. The van der Waals surface area contributed by atoms with Crippen molar-refractivity contribution in [1.29, 1.82) is 0 Å². The average Bonchev–Trinajstić information content (AvgIpc) is 3.40. The first-order valence-corrected chi connectivity index (χ1v) is 8.38. The number of rotatable bonds is 7. The Morgan fingerprint density at radius 1 is 1.04 bits per heavy atom. The van der Waals surface area contributed by atoms with Crippen LogP contribution in [0.25, 0.3) is 0 Å². The second-order valence-electron chi connectivity index (χ2n) is 6.13. The van der Waals surface area contributed by atoms with Crippen LogP contribution in [0.1, 0.15) is 36.5 Å². The molecule has 0 aromatic heterocycles. The van der Waals surface area contributed by atoms with Crippen LogP contribution < -0.4 is 4.74 Å². The van der Waals surface area contributed by atoms with Gasteiger partial charge in [0.15, 0.2) is 0 Å². The molecule has 0 aliphatic heterocycles. The van der Waals surface area contributed by atoms with Crippen molar-refractivity contribution >= 4 is 5.91 Å². The van der Waals surface area contributed by atoms with Gasteiger partial charge in [0, 0.05) is 18.7 Å². The van der Waals surface area contributed by atoms with E-state index in [0.29, 0.717) is 5.92 Å². The normalized spacial score (nSPS) is 13.6. The van der Waals surface area contributed by atoms with E-state index in [1.54, 1.807) is 0 Å². The Bertz CT molecular complexity index is 632. The number of nitrogens with zero attached hydrogens (tertiary/aromatic N) is 1. The third kappa shape index (κ3) is 4.35. The van der Waals surface area contributed by atoms with Gasteiger partial charge in [0.25, 0.3) is 5.91 Å². The summed E-state index contributed by atoms with van der Waals surface area (Å²) in [5.74, 6) is 2.39. The molecule has 3 heteroatoms. The highest BCUT2D eigenvalue weighted by atomic mass is 16.5. The molecule has 1 aliphatic carbocycles. The molecule has 2 aromatic rings. The molecular formula is C20H23NO2. The van der Waals surface area contributed by atoms with E-state index >= 15 is 0 Å². The lowest BCUT2D eigenvalue weighted by molar-refractivity contribution is 0.0747. The van der Waals surface area contributed by atoms with Crippen LogP contribution in [0, 0.1) is 5.92 Å². The van der Waals surface area contributed by atoms with Gasteiger partial charge in [0.2, 0.25) is 0 Å². The van der Waals surface area contributed by atoms with Crippen molar-refractivity contribution in [3.05, 3.63) is 60.2 Å². The van der Waals surface area contributed by atoms with Gasteiger partial charge in [-0.3, -0.25) is 4.79 Å². The summed E-state index contributed by atoms with van der Waals surface area (Å²) in [5, 5.41) is 0. The predicted molar refractivity (Wildman–Crippen MR) is 91.9 cm³/mol. The summed E-state index contributed by atoms with van der Waals surface area (Å²) in [6, 6.07) is 17.1. The smallest absolute Gasteiger partial charge is 0.253 e. The Balaban J connectivity index is 1.66. The van der Waals surface area contributed by atoms with Gasteiger partial charge in [-0.05, 0) is 61.6 Å². The first kappa shape index (κ1) is 15.6. The van der Waals surface area contributed by atoms with Crippen LogP contribution in [-0.2, 0) is 0 Å². The summed E-state index contributed by atoms with van der Waals surface area (Å²) in [4.78, 5) is 14.6. The quantitative estimate of drug-likeness (QED) is 0.739. The van der Waals surface area contributed by atoms with Gasteiger partial charge in [-0.25, -0.2) is 0 Å². The summed E-state index contributed by atoms with van der Waals surface area (Å²) in [7, 11) is 0. The van der Waals surface area contributed by atoms with Crippen LogP contribution in [-0.4, -0.2) is 23.9 Å². The van der Waals surface area contributed by atoms with E-state index < -0.39 is 0 Å². The fraction of sp³-hybridized carbons (Fsp3) is 0.350. The zero-order valence-electron chi connectivity index (χ0n) is 13.6. The van der Waals surface area contributed by atoms with Crippen molar-refractivity contribution in [1.82, 2.24) is 4.90 Å². The number of benzene rings is 2. The molecule has 0 spiro atoms. The Morgan fingerprint density at radius 3 is 2.30 bits per heavy atom. The van der Waals surface area contributed by atoms with Crippen LogP contribution >= 0.6 is 0 Å². The molecule has 0 heterocycles. The summed E-state index contributed by atoms with van der Waals surface area (Å²) in [5.41, 5.74) is 0.736. The van der Waals surface area contributed by atoms with Crippen LogP contribution in [0.4, 0.5) is 0 Å². The Labute approximate surface area is 137 Å². The lowest BCUT2D eigenvalue weighted by Crippen LogP contribution is -2.33. The minimum absolute atomic E-state index is 0.130. The number of hydrogen-bond acceptors (Lipinski definition) is 2. The number of amides is 1. The van der Waals surface area contributed by atoms with Crippen molar-refractivity contribution in [2.75, 3.05) is 13.1 Å². The molecule has 1 amide bonds. The van der Waals surface area contributed by atoms with Crippen LogP contribution in [0.15, 0.2) is 54.6 Å². The maximum atomic E-state index is 12.7. The summed E-state index contributed by atoms with van der Waals surface area (Å²) in [6.07, 6.45) is 3.52. The maximum absolute atomic E-state index is 12.7. The molecule has 2 aromatic carbocycles. The maximum Gasteiger partial charge on any atom is 0.253 e. The molecule has 1 saturated carbocycles. The minimum atomic E-state index is 0.130. The van der Waals surface area contributed by atoms with E-state index in [1.165, 1.54) is 12.8 Å². The Hall–Kier alpha value is -2.29. The molecule has 23 heavy (non-hydrogen) atoms. The summed E-state index contributed by atoms with van der Waals surface area (Å²) >= 11 is 0. The van der Waals surface area contributed by atoms with Gasteiger partial charge in [-0.1, -0.05) is 25.1 Å². The van der Waals surface area contributed by atoms with Crippen molar-refractivity contribution in [3.8, 4) is 11.5 Å². The van der Waals surface area contributed by atoms with Gasteiger partial charge in [-0.15, -0.1) is 0 Å².